The summed E-state index contributed by atoms with van der Waals surface area (Å²) in [5.41, 5.74) is 0.971. The molecule has 0 N–H and O–H groups in total. The zero-order chi connectivity index (χ0) is 8.27. The van der Waals surface area contributed by atoms with Crippen LogP contribution in [0.5, 0.6) is 0 Å². The van der Waals surface area contributed by atoms with Gasteiger partial charge >= 0.3 is 0 Å². The Labute approximate surface area is 72.1 Å². The second kappa shape index (κ2) is 3.60. The number of anilines is 1. The topological polar surface area (TPSA) is 6.48 Å². The second-order valence-electron chi connectivity index (χ2n) is 2.44. The van der Waals surface area contributed by atoms with Crippen LogP contribution in [0.1, 0.15) is 0 Å². The monoisotopic (exact) mass is 170 g/mol. The molecular weight excluding hydrogens is 160 g/mol. The van der Waals surface area contributed by atoms with Gasteiger partial charge in [-0.1, -0.05) is 18.2 Å². The molecule has 2 nitrogen and oxygen atoms in total. The van der Waals surface area contributed by atoms with Crippen molar-refractivity contribution >= 4 is 17.5 Å². The molecule has 0 aliphatic heterocycles. The Morgan fingerprint density at radius 2 is 1.64 bits per heavy atom. The smallest absolute Gasteiger partial charge is 0.0708 e. The van der Waals surface area contributed by atoms with Crippen LogP contribution in [0, 0.1) is 0 Å². The highest BCUT2D eigenvalue weighted by molar-refractivity contribution is 6.24. The van der Waals surface area contributed by atoms with E-state index in [9.17, 15) is 0 Å². The quantitative estimate of drug-likeness (QED) is 0.496. The Morgan fingerprint density at radius 3 is 2.09 bits per heavy atom. The molecule has 0 heterocycles. The second-order valence-corrected chi connectivity index (χ2v) is 2.76. The lowest BCUT2D eigenvalue weighted by atomic mass is 10.3. The van der Waals surface area contributed by atoms with Crippen LogP contribution < -0.4 is 4.53 Å². The molecule has 1 aromatic carbocycles. The van der Waals surface area contributed by atoms with Gasteiger partial charge in [-0.05, 0) is 12.1 Å². The minimum atomic E-state index is 0.971. The maximum atomic E-state index is 5.90. The van der Waals surface area contributed by atoms with Gasteiger partial charge in [0.25, 0.3) is 0 Å². The summed E-state index contributed by atoms with van der Waals surface area (Å²) >= 11 is 5.90. The summed E-state index contributed by atoms with van der Waals surface area (Å²) in [5, 5.41) is 1.80. The minimum absolute atomic E-state index is 0.971. The predicted octanol–water partition coefficient (Wildman–Crippen LogP) is 2.12. The summed E-state index contributed by atoms with van der Waals surface area (Å²) in [6.45, 7) is 0. The van der Waals surface area contributed by atoms with Crippen molar-refractivity contribution in [3.8, 4) is 0 Å². The van der Waals surface area contributed by atoms with E-state index in [1.165, 1.54) is 0 Å². The molecule has 0 saturated carbocycles. The molecule has 0 aliphatic carbocycles. The lowest BCUT2D eigenvalue weighted by Crippen LogP contribution is -2.27. The molecule has 0 aromatic heterocycles. The van der Waals surface area contributed by atoms with Gasteiger partial charge in [-0.15, -0.1) is 0 Å². The first-order valence-corrected chi connectivity index (χ1v) is 3.74. The fraction of sp³-hybridized carbons (Fsp3) is 0.250. The van der Waals surface area contributed by atoms with Crippen molar-refractivity contribution in [3.63, 3.8) is 0 Å². The zero-order valence-electron chi connectivity index (χ0n) is 6.66. The fourth-order valence-corrected chi connectivity index (χ4v) is 0.895. The molecule has 0 aliphatic rings. The number of hydrazine groups is 1. The van der Waals surface area contributed by atoms with Crippen molar-refractivity contribution in [1.29, 1.82) is 0 Å². The lowest BCUT2D eigenvalue weighted by Gasteiger charge is -2.22. The minimum Gasteiger partial charge on any atom is -0.216 e. The van der Waals surface area contributed by atoms with Crippen LogP contribution in [0.4, 0.5) is 5.69 Å². The van der Waals surface area contributed by atoms with Crippen molar-refractivity contribution in [1.82, 2.24) is 5.01 Å². The van der Waals surface area contributed by atoms with Gasteiger partial charge in [-0.25, -0.2) is 9.54 Å². The number of hydrogen-bond donors (Lipinski definition) is 0. The van der Waals surface area contributed by atoms with E-state index in [1.54, 1.807) is 9.54 Å². The van der Waals surface area contributed by atoms with E-state index in [0.717, 1.165) is 5.69 Å². The molecule has 0 amide bonds. The first-order chi connectivity index (χ1) is 5.22. The summed E-state index contributed by atoms with van der Waals surface area (Å²) < 4.78 is 1.56. The highest BCUT2D eigenvalue weighted by Gasteiger charge is 2.02. The van der Waals surface area contributed by atoms with Gasteiger partial charge in [0.2, 0.25) is 0 Å². The van der Waals surface area contributed by atoms with E-state index in [0.29, 0.717) is 0 Å². The molecule has 0 fully saturated rings. The van der Waals surface area contributed by atoms with Crippen molar-refractivity contribution in [2.45, 2.75) is 0 Å². The largest absolute Gasteiger partial charge is 0.216 e. The Morgan fingerprint density at radius 1 is 1.09 bits per heavy atom. The van der Waals surface area contributed by atoms with E-state index in [4.69, 9.17) is 11.8 Å². The number of benzene rings is 1. The molecule has 60 valence electrons. The lowest BCUT2D eigenvalue weighted by molar-refractivity contribution is 0.441. The molecule has 0 radical (unpaired) electrons. The van der Waals surface area contributed by atoms with Gasteiger partial charge in [-0.3, -0.25) is 0 Å². The Bertz CT molecular complexity index is 211. The molecule has 11 heavy (non-hydrogen) atoms. The van der Waals surface area contributed by atoms with Gasteiger partial charge in [0.15, 0.2) is 0 Å². The third kappa shape index (κ3) is 2.10. The zero-order valence-corrected chi connectivity index (χ0v) is 7.42. The molecule has 0 saturated heterocycles. The van der Waals surface area contributed by atoms with E-state index >= 15 is 0 Å². The average molecular weight is 171 g/mol. The molecule has 0 unspecified atom stereocenters. The summed E-state index contributed by atoms with van der Waals surface area (Å²) in [6.07, 6.45) is 0. The first-order valence-electron chi connectivity index (χ1n) is 3.40. The molecular formula is C8H11ClN2. The van der Waals surface area contributed by atoms with Crippen LogP contribution in [0.25, 0.3) is 0 Å². The number of nitrogens with zero attached hydrogens (tertiary/aromatic N) is 2. The maximum Gasteiger partial charge on any atom is 0.0708 e. The maximum absolute atomic E-state index is 5.90. The van der Waals surface area contributed by atoms with E-state index < -0.39 is 0 Å². The van der Waals surface area contributed by atoms with Gasteiger partial charge in [0.1, 0.15) is 0 Å². The predicted molar refractivity (Wildman–Crippen MR) is 48.5 cm³/mol. The van der Waals surface area contributed by atoms with Gasteiger partial charge < -0.3 is 0 Å². The van der Waals surface area contributed by atoms with Gasteiger partial charge in [-0.2, -0.15) is 0 Å². The Hall–Kier alpha value is -0.730. The third-order valence-electron chi connectivity index (χ3n) is 1.32. The molecule has 1 aromatic rings. The van der Waals surface area contributed by atoms with Crippen molar-refractivity contribution in [2.75, 3.05) is 18.6 Å². The van der Waals surface area contributed by atoms with Crippen LogP contribution in [0.3, 0.4) is 0 Å². The number of hydrogen-bond acceptors (Lipinski definition) is 2. The van der Waals surface area contributed by atoms with Crippen LogP contribution >= 0.6 is 11.8 Å². The first kappa shape index (κ1) is 8.37. The van der Waals surface area contributed by atoms with E-state index in [-0.39, 0.29) is 0 Å². The molecule has 0 spiro atoms. The number of rotatable bonds is 2. The Balaban J connectivity index is 2.77. The van der Waals surface area contributed by atoms with Gasteiger partial charge in [0, 0.05) is 25.9 Å². The van der Waals surface area contributed by atoms with Crippen LogP contribution in [0.15, 0.2) is 30.3 Å². The molecule has 1 rings (SSSR count). The van der Waals surface area contributed by atoms with Crippen LogP contribution in [0.2, 0.25) is 0 Å². The summed E-state index contributed by atoms with van der Waals surface area (Å²) in [6, 6.07) is 9.77. The summed E-state index contributed by atoms with van der Waals surface area (Å²) in [7, 11) is 3.78. The summed E-state index contributed by atoms with van der Waals surface area (Å²) in [5.74, 6) is 0. The van der Waals surface area contributed by atoms with Crippen molar-refractivity contribution in [3.05, 3.63) is 30.3 Å². The number of para-hydroxylation sites is 1. The Kier molecular flexibility index (Phi) is 2.74. The van der Waals surface area contributed by atoms with Crippen molar-refractivity contribution in [2.24, 2.45) is 0 Å². The van der Waals surface area contributed by atoms with Crippen LogP contribution in [-0.4, -0.2) is 19.1 Å². The summed E-state index contributed by atoms with van der Waals surface area (Å²) in [4.78, 5) is 0. The third-order valence-corrected chi connectivity index (χ3v) is 1.82. The van der Waals surface area contributed by atoms with Crippen molar-refractivity contribution < 1.29 is 0 Å². The normalized spacial score (nSPS) is 10.2. The van der Waals surface area contributed by atoms with Crippen LogP contribution in [-0.2, 0) is 0 Å². The molecule has 0 atom stereocenters. The number of halogens is 1. The molecule has 3 heteroatoms. The fourth-order valence-electron chi connectivity index (χ4n) is 0.782. The highest BCUT2D eigenvalue weighted by Crippen LogP contribution is 2.15. The highest BCUT2D eigenvalue weighted by atomic mass is 35.5. The average Bonchev–Trinajstić information content (AvgIpc) is 2.05. The van der Waals surface area contributed by atoms with E-state index in [1.807, 2.05) is 44.4 Å². The standard InChI is InChI=1S/C8H11ClN2/c1-10(2)11(9)8-6-4-3-5-7-8/h3-7H,1-2H3. The van der Waals surface area contributed by atoms with Gasteiger partial charge in [0.05, 0.1) is 5.69 Å². The SMILES string of the molecule is CN(C)N(Cl)c1ccccc1. The molecule has 0 bridgehead atoms. The van der Waals surface area contributed by atoms with E-state index in [2.05, 4.69) is 0 Å².